The molecule has 0 radical (unpaired) electrons. The Hall–Kier alpha value is -3.39. The number of ether oxygens (including phenoxy) is 1. The van der Waals surface area contributed by atoms with Gasteiger partial charge in [0.1, 0.15) is 5.75 Å². The van der Waals surface area contributed by atoms with Crippen LogP contribution in [0.3, 0.4) is 0 Å². The number of rotatable bonds is 4. The lowest BCUT2D eigenvalue weighted by atomic mass is 10.1. The van der Waals surface area contributed by atoms with E-state index in [1.807, 2.05) is 31.2 Å². The second-order valence-corrected chi connectivity index (χ2v) is 5.76. The average molecular weight is 331 g/mol. The van der Waals surface area contributed by atoms with Gasteiger partial charge >= 0.3 is 0 Å². The summed E-state index contributed by atoms with van der Waals surface area (Å²) in [5.74, 6) is 1.05. The third-order valence-electron chi connectivity index (χ3n) is 3.81. The van der Waals surface area contributed by atoms with Crippen LogP contribution in [0.25, 0.3) is 10.9 Å². The minimum absolute atomic E-state index is 0.0584. The molecule has 124 valence electrons. The van der Waals surface area contributed by atoms with Gasteiger partial charge in [0.25, 0.3) is 0 Å². The molecule has 0 aliphatic rings. The van der Waals surface area contributed by atoms with Crippen LogP contribution in [0.1, 0.15) is 31.0 Å². The molecule has 3 aromatic rings. The molecule has 1 aromatic heterocycles. The van der Waals surface area contributed by atoms with E-state index in [9.17, 15) is 4.79 Å². The maximum atomic E-state index is 11.2. The van der Waals surface area contributed by atoms with Gasteiger partial charge in [0.15, 0.2) is 0 Å². The Kier molecular flexibility index (Phi) is 4.62. The minimum atomic E-state index is -0.0588. The second kappa shape index (κ2) is 7.02. The number of nitrogens with one attached hydrogen (secondary N) is 1. The van der Waals surface area contributed by atoms with Crippen LogP contribution < -0.4 is 10.1 Å². The van der Waals surface area contributed by atoms with E-state index < -0.39 is 0 Å². The van der Waals surface area contributed by atoms with Gasteiger partial charge in [-0.15, -0.1) is 0 Å². The highest BCUT2D eigenvalue weighted by molar-refractivity contribution is 5.80. The normalized spacial score (nSPS) is 11.6. The molecular formula is C20H17N3O2. The van der Waals surface area contributed by atoms with E-state index in [0.717, 1.165) is 16.5 Å². The third-order valence-corrected chi connectivity index (χ3v) is 3.81. The fourth-order valence-electron chi connectivity index (χ4n) is 2.56. The Bertz CT molecular complexity index is 959. The molecule has 0 fully saturated rings. The van der Waals surface area contributed by atoms with Gasteiger partial charge in [-0.3, -0.25) is 4.79 Å². The molecule has 0 spiro atoms. The van der Waals surface area contributed by atoms with Crippen molar-refractivity contribution in [3.05, 3.63) is 65.7 Å². The number of nitriles is 1. The lowest BCUT2D eigenvalue weighted by Gasteiger charge is -2.13. The molecule has 25 heavy (non-hydrogen) atoms. The zero-order valence-corrected chi connectivity index (χ0v) is 14.0. The van der Waals surface area contributed by atoms with Crippen molar-refractivity contribution in [2.24, 2.45) is 0 Å². The smallest absolute Gasteiger partial charge is 0.219 e. The van der Waals surface area contributed by atoms with Gasteiger partial charge in [0.2, 0.25) is 11.8 Å². The molecule has 1 heterocycles. The van der Waals surface area contributed by atoms with Crippen molar-refractivity contribution < 1.29 is 9.53 Å². The van der Waals surface area contributed by atoms with E-state index in [4.69, 9.17) is 10.00 Å². The topological polar surface area (TPSA) is 75.0 Å². The third kappa shape index (κ3) is 3.93. The summed E-state index contributed by atoms with van der Waals surface area (Å²) < 4.78 is 5.74. The first-order chi connectivity index (χ1) is 12.0. The van der Waals surface area contributed by atoms with Gasteiger partial charge in [-0.2, -0.15) is 5.26 Å². The molecule has 1 atom stereocenters. The summed E-state index contributed by atoms with van der Waals surface area (Å²) >= 11 is 0. The summed E-state index contributed by atoms with van der Waals surface area (Å²) in [4.78, 5) is 15.7. The standard InChI is InChI=1S/C20H17N3O2/c1-13(22-14(2)24)16-5-9-19-17(11-16)6-10-20(23-19)25-18-7-3-15(12-21)4-8-18/h3-11,13H,1-2H3,(H,22,24). The Morgan fingerprint density at radius 3 is 2.60 bits per heavy atom. The summed E-state index contributed by atoms with van der Waals surface area (Å²) in [6.45, 7) is 3.45. The van der Waals surface area contributed by atoms with Gasteiger partial charge in [0.05, 0.1) is 23.2 Å². The number of fused-ring (bicyclic) bond motifs is 1. The predicted octanol–water partition coefficient (Wildman–Crippen LogP) is 4.10. The number of nitrogens with zero attached hydrogens (tertiary/aromatic N) is 2. The van der Waals surface area contributed by atoms with Gasteiger partial charge in [-0.1, -0.05) is 6.07 Å². The number of hydrogen-bond acceptors (Lipinski definition) is 4. The van der Waals surface area contributed by atoms with Crippen molar-refractivity contribution in [1.29, 1.82) is 5.26 Å². The zero-order valence-electron chi connectivity index (χ0n) is 14.0. The second-order valence-electron chi connectivity index (χ2n) is 5.76. The van der Waals surface area contributed by atoms with E-state index in [-0.39, 0.29) is 11.9 Å². The zero-order chi connectivity index (χ0) is 17.8. The summed E-state index contributed by atoms with van der Waals surface area (Å²) in [5.41, 5.74) is 2.41. The first kappa shape index (κ1) is 16.5. The Balaban J connectivity index is 1.82. The number of carbonyl (C=O) groups excluding carboxylic acids is 1. The molecule has 1 unspecified atom stereocenters. The Morgan fingerprint density at radius 2 is 1.92 bits per heavy atom. The van der Waals surface area contributed by atoms with Gasteiger partial charge in [-0.05, 0) is 55.0 Å². The molecule has 0 bridgehead atoms. The lowest BCUT2D eigenvalue weighted by Crippen LogP contribution is -2.23. The van der Waals surface area contributed by atoms with Crippen LogP contribution in [0, 0.1) is 11.3 Å². The number of aromatic nitrogens is 1. The average Bonchev–Trinajstić information content (AvgIpc) is 2.61. The highest BCUT2D eigenvalue weighted by Crippen LogP contribution is 2.25. The first-order valence-corrected chi connectivity index (χ1v) is 7.91. The largest absolute Gasteiger partial charge is 0.439 e. The fourth-order valence-corrected chi connectivity index (χ4v) is 2.56. The Labute approximate surface area is 145 Å². The summed E-state index contributed by atoms with van der Waals surface area (Å²) in [6, 6.07) is 18.5. The van der Waals surface area contributed by atoms with Crippen molar-refractivity contribution in [2.75, 3.05) is 0 Å². The number of amides is 1. The molecule has 1 N–H and O–H groups in total. The van der Waals surface area contributed by atoms with Crippen LogP contribution in [0.15, 0.2) is 54.6 Å². The number of hydrogen-bond donors (Lipinski definition) is 1. The van der Waals surface area contributed by atoms with Crippen molar-refractivity contribution >= 4 is 16.8 Å². The summed E-state index contributed by atoms with van der Waals surface area (Å²) in [6.07, 6.45) is 0. The van der Waals surface area contributed by atoms with Gasteiger partial charge in [0, 0.05) is 18.4 Å². The number of pyridine rings is 1. The molecule has 0 aliphatic carbocycles. The monoisotopic (exact) mass is 331 g/mol. The molecule has 5 nitrogen and oxygen atoms in total. The quantitative estimate of drug-likeness (QED) is 0.781. The maximum absolute atomic E-state index is 11.2. The molecule has 1 amide bonds. The molecular weight excluding hydrogens is 314 g/mol. The van der Waals surface area contributed by atoms with Crippen molar-refractivity contribution in [3.63, 3.8) is 0 Å². The van der Waals surface area contributed by atoms with Crippen LogP contribution in [-0.2, 0) is 4.79 Å². The van der Waals surface area contributed by atoms with Crippen LogP contribution in [0.4, 0.5) is 0 Å². The highest BCUT2D eigenvalue weighted by Gasteiger charge is 2.08. The van der Waals surface area contributed by atoms with Gasteiger partial charge < -0.3 is 10.1 Å². The summed E-state index contributed by atoms with van der Waals surface area (Å²) in [5, 5.41) is 12.7. The van der Waals surface area contributed by atoms with E-state index in [1.165, 1.54) is 6.92 Å². The fraction of sp³-hybridized carbons (Fsp3) is 0.150. The van der Waals surface area contributed by atoms with E-state index in [2.05, 4.69) is 16.4 Å². The molecule has 0 aliphatic heterocycles. The molecule has 0 saturated carbocycles. The van der Waals surface area contributed by atoms with E-state index in [0.29, 0.717) is 17.2 Å². The van der Waals surface area contributed by atoms with Crippen LogP contribution >= 0.6 is 0 Å². The molecule has 2 aromatic carbocycles. The van der Waals surface area contributed by atoms with Crippen LogP contribution in [0.5, 0.6) is 11.6 Å². The summed E-state index contributed by atoms with van der Waals surface area (Å²) in [7, 11) is 0. The molecule has 0 saturated heterocycles. The number of carbonyl (C=O) groups is 1. The lowest BCUT2D eigenvalue weighted by molar-refractivity contribution is -0.119. The maximum Gasteiger partial charge on any atom is 0.219 e. The molecule has 5 heteroatoms. The molecule has 3 rings (SSSR count). The van der Waals surface area contributed by atoms with Crippen LogP contribution in [-0.4, -0.2) is 10.9 Å². The highest BCUT2D eigenvalue weighted by atomic mass is 16.5. The minimum Gasteiger partial charge on any atom is -0.439 e. The van der Waals surface area contributed by atoms with Crippen molar-refractivity contribution in [3.8, 4) is 17.7 Å². The van der Waals surface area contributed by atoms with Crippen molar-refractivity contribution in [1.82, 2.24) is 10.3 Å². The van der Waals surface area contributed by atoms with E-state index in [1.54, 1.807) is 30.3 Å². The van der Waals surface area contributed by atoms with Crippen molar-refractivity contribution in [2.45, 2.75) is 19.9 Å². The van der Waals surface area contributed by atoms with E-state index >= 15 is 0 Å². The van der Waals surface area contributed by atoms with Gasteiger partial charge in [-0.25, -0.2) is 4.98 Å². The SMILES string of the molecule is CC(=O)NC(C)c1ccc2nc(Oc3ccc(C#N)cc3)ccc2c1. The Morgan fingerprint density at radius 1 is 1.16 bits per heavy atom. The predicted molar refractivity (Wildman–Crippen MR) is 95.2 cm³/mol. The first-order valence-electron chi connectivity index (χ1n) is 7.91. The van der Waals surface area contributed by atoms with Crippen LogP contribution in [0.2, 0.25) is 0 Å². The number of benzene rings is 2.